The van der Waals surface area contributed by atoms with Crippen molar-refractivity contribution >= 4 is 15.9 Å². The summed E-state index contributed by atoms with van der Waals surface area (Å²) < 4.78 is 6.81. The van der Waals surface area contributed by atoms with E-state index >= 15 is 0 Å². The highest BCUT2D eigenvalue weighted by atomic mass is 79.9. The fraction of sp³-hybridized carbons (Fsp3) is 0.400. The van der Waals surface area contributed by atoms with E-state index in [1.165, 1.54) is 0 Å². The molecule has 20 heavy (non-hydrogen) atoms. The molecule has 0 spiro atoms. The van der Waals surface area contributed by atoms with Crippen molar-refractivity contribution in [2.45, 2.75) is 19.9 Å². The average Bonchev–Trinajstić information content (AvgIpc) is 2.88. The van der Waals surface area contributed by atoms with Crippen molar-refractivity contribution in [1.82, 2.24) is 9.88 Å². The van der Waals surface area contributed by atoms with Gasteiger partial charge in [-0.25, -0.2) is 4.98 Å². The van der Waals surface area contributed by atoms with E-state index in [2.05, 4.69) is 32.7 Å². The Hall–Kier alpha value is -1.17. The second kappa shape index (κ2) is 7.57. The summed E-state index contributed by atoms with van der Waals surface area (Å²) in [6, 6.07) is 7.94. The zero-order valence-electron chi connectivity index (χ0n) is 11.6. The first kappa shape index (κ1) is 15.2. The lowest BCUT2D eigenvalue weighted by Crippen LogP contribution is -2.27. The third-order valence-corrected chi connectivity index (χ3v) is 3.47. The molecular weight excluding hydrogens is 320 g/mol. The Morgan fingerprint density at radius 3 is 2.90 bits per heavy atom. The van der Waals surface area contributed by atoms with Crippen molar-refractivity contribution in [3.05, 3.63) is 40.8 Å². The van der Waals surface area contributed by atoms with Gasteiger partial charge < -0.3 is 9.52 Å². The average molecular weight is 339 g/mol. The third kappa shape index (κ3) is 4.16. The van der Waals surface area contributed by atoms with Crippen LogP contribution in [0, 0.1) is 0 Å². The minimum absolute atomic E-state index is 0.152. The lowest BCUT2D eigenvalue weighted by Gasteiger charge is -2.18. The smallest absolute Gasteiger partial charge is 0.209 e. The molecule has 0 atom stereocenters. The van der Waals surface area contributed by atoms with Crippen LogP contribution in [0.1, 0.15) is 19.2 Å². The largest absolute Gasteiger partial charge is 0.439 e. The van der Waals surface area contributed by atoms with Crippen molar-refractivity contribution in [2.75, 3.05) is 19.7 Å². The highest BCUT2D eigenvalue weighted by Gasteiger charge is 2.11. The number of aliphatic hydroxyl groups excluding tert-OH is 1. The van der Waals surface area contributed by atoms with Gasteiger partial charge >= 0.3 is 0 Å². The molecule has 5 heteroatoms. The Morgan fingerprint density at radius 2 is 2.20 bits per heavy atom. The van der Waals surface area contributed by atoms with Crippen LogP contribution < -0.4 is 0 Å². The maximum atomic E-state index is 9.06. The third-order valence-electron chi connectivity index (χ3n) is 2.98. The Bertz CT molecular complexity index is 536. The van der Waals surface area contributed by atoms with Gasteiger partial charge in [-0.3, -0.25) is 4.90 Å². The molecule has 0 aliphatic heterocycles. The van der Waals surface area contributed by atoms with Gasteiger partial charge in [0.05, 0.1) is 19.3 Å². The molecule has 0 saturated heterocycles. The predicted octanol–water partition coefficient (Wildman–Crippen LogP) is 3.31. The van der Waals surface area contributed by atoms with E-state index in [0.717, 1.165) is 28.8 Å². The first-order valence-corrected chi connectivity index (χ1v) is 7.56. The van der Waals surface area contributed by atoms with E-state index in [1.807, 2.05) is 24.3 Å². The van der Waals surface area contributed by atoms with Crippen LogP contribution in [-0.2, 0) is 6.54 Å². The summed E-state index contributed by atoms with van der Waals surface area (Å²) in [5.74, 6) is 1.45. The molecule has 0 aliphatic carbocycles. The van der Waals surface area contributed by atoms with Crippen LogP contribution in [0.4, 0.5) is 0 Å². The number of aliphatic hydroxyl groups is 1. The van der Waals surface area contributed by atoms with Crippen molar-refractivity contribution in [3.8, 4) is 11.3 Å². The van der Waals surface area contributed by atoms with Gasteiger partial charge in [0, 0.05) is 16.6 Å². The number of aromatic nitrogens is 1. The maximum absolute atomic E-state index is 9.06. The quantitative estimate of drug-likeness (QED) is 0.841. The van der Waals surface area contributed by atoms with E-state index in [-0.39, 0.29) is 6.61 Å². The summed E-state index contributed by atoms with van der Waals surface area (Å²) in [6.45, 7) is 4.46. The fourth-order valence-corrected chi connectivity index (χ4v) is 2.48. The first-order valence-electron chi connectivity index (χ1n) is 6.76. The lowest BCUT2D eigenvalue weighted by molar-refractivity contribution is 0.179. The molecule has 0 unspecified atom stereocenters. The topological polar surface area (TPSA) is 49.5 Å². The van der Waals surface area contributed by atoms with Crippen LogP contribution in [0.5, 0.6) is 0 Å². The van der Waals surface area contributed by atoms with E-state index in [1.54, 1.807) is 6.20 Å². The summed E-state index contributed by atoms with van der Waals surface area (Å²) in [5.41, 5.74) is 1.00. The molecule has 0 bridgehead atoms. The molecule has 0 radical (unpaired) electrons. The summed E-state index contributed by atoms with van der Waals surface area (Å²) >= 11 is 3.45. The Morgan fingerprint density at radius 1 is 1.35 bits per heavy atom. The second-order valence-corrected chi connectivity index (χ2v) is 5.54. The Kier molecular flexibility index (Phi) is 5.76. The van der Waals surface area contributed by atoms with E-state index < -0.39 is 0 Å². The minimum atomic E-state index is 0.152. The molecule has 2 rings (SSSR count). The number of hydrogen-bond donors (Lipinski definition) is 1. The highest BCUT2D eigenvalue weighted by Crippen LogP contribution is 2.24. The first-order chi connectivity index (χ1) is 9.72. The van der Waals surface area contributed by atoms with Gasteiger partial charge in [0.2, 0.25) is 5.89 Å². The van der Waals surface area contributed by atoms with Crippen LogP contribution in [0.25, 0.3) is 11.3 Å². The van der Waals surface area contributed by atoms with E-state index in [0.29, 0.717) is 19.0 Å². The molecule has 0 saturated carbocycles. The summed E-state index contributed by atoms with van der Waals surface area (Å²) in [6.07, 6.45) is 2.79. The normalized spacial score (nSPS) is 11.2. The molecule has 1 N–H and O–H groups in total. The number of hydrogen-bond acceptors (Lipinski definition) is 4. The molecule has 4 nitrogen and oxygen atoms in total. The van der Waals surface area contributed by atoms with Gasteiger partial charge in [-0.15, -0.1) is 0 Å². The predicted molar refractivity (Wildman–Crippen MR) is 82.3 cm³/mol. The summed E-state index contributed by atoms with van der Waals surface area (Å²) in [4.78, 5) is 6.46. The second-order valence-electron chi connectivity index (χ2n) is 4.63. The van der Waals surface area contributed by atoms with E-state index in [4.69, 9.17) is 9.52 Å². The van der Waals surface area contributed by atoms with Crippen molar-refractivity contribution in [1.29, 1.82) is 0 Å². The van der Waals surface area contributed by atoms with Crippen LogP contribution in [0.15, 0.2) is 39.4 Å². The van der Waals surface area contributed by atoms with Crippen LogP contribution in [0.2, 0.25) is 0 Å². The summed E-state index contributed by atoms with van der Waals surface area (Å²) in [7, 11) is 0. The van der Waals surface area contributed by atoms with Crippen molar-refractivity contribution in [2.24, 2.45) is 0 Å². The maximum Gasteiger partial charge on any atom is 0.209 e. The number of halogens is 1. The number of oxazole rings is 1. The Balaban J connectivity index is 2.08. The summed E-state index contributed by atoms with van der Waals surface area (Å²) in [5, 5.41) is 9.06. The monoisotopic (exact) mass is 338 g/mol. The van der Waals surface area contributed by atoms with Crippen LogP contribution in [-0.4, -0.2) is 34.7 Å². The standard InChI is InChI=1S/C15H19BrN2O2/c1-2-6-18(7-8-19)11-15-17-10-14(20-15)12-4-3-5-13(16)9-12/h3-5,9-10,19H,2,6-8,11H2,1H3. The number of benzene rings is 1. The molecule has 108 valence electrons. The van der Waals surface area contributed by atoms with Gasteiger partial charge in [0.1, 0.15) is 0 Å². The zero-order valence-corrected chi connectivity index (χ0v) is 13.1. The lowest BCUT2D eigenvalue weighted by atomic mass is 10.2. The van der Waals surface area contributed by atoms with Crippen LogP contribution >= 0.6 is 15.9 Å². The molecule has 1 aromatic carbocycles. The molecule has 1 heterocycles. The number of rotatable bonds is 7. The Labute approximate surface area is 127 Å². The van der Waals surface area contributed by atoms with Gasteiger partial charge in [0.25, 0.3) is 0 Å². The molecule has 0 amide bonds. The minimum Gasteiger partial charge on any atom is -0.439 e. The van der Waals surface area contributed by atoms with Crippen molar-refractivity contribution < 1.29 is 9.52 Å². The van der Waals surface area contributed by atoms with Crippen LogP contribution in [0.3, 0.4) is 0 Å². The van der Waals surface area contributed by atoms with Gasteiger partial charge in [-0.2, -0.15) is 0 Å². The molecule has 0 fully saturated rings. The molecular formula is C15H19BrN2O2. The van der Waals surface area contributed by atoms with Crippen molar-refractivity contribution in [3.63, 3.8) is 0 Å². The molecule has 0 aliphatic rings. The zero-order chi connectivity index (χ0) is 14.4. The highest BCUT2D eigenvalue weighted by molar-refractivity contribution is 9.10. The fourth-order valence-electron chi connectivity index (χ4n) is 2.08. The molecule has 1 aromatic heterocycles. The molecule has 2 aromatic rings. The van der Waals surface area contributed by atoms with Gasteiger partial charge in [-0.05, 0) is 25.1 Å². The van der Waals surface area contributed by atoms with E-state index in [9.17, 15) is 0 Å². The number of nitrogens with zero attached hydrogens (tertiary/aromatic N) is 2. The SMILES string of the molecule is CCCN(CCO)Cc1ncc(-c2cccc(Br)c2)o1. The van der Waals surface area contributed by atoms with Gasteiger partial charge in [-0.1, -0.05) is 35.0 Å². The van der Waals surface area contributed by atoms with Gasteiger partial charge in [0.15, 0.2) is 5.76 Å².